The number of thiophene rings is 1. The predicted octanol–water partition coefficient (Wildman–Crippen LogP) is 5.26. The average molecular weight is 449 g/mol. The van der Waals surface area contributed by atoms with E-state index in [1.807, 2.05) is 12.1 Å². The van der Waals surface area contributed by atoms with Crippen molar-refractivity contribution >= 4 is 28.5 Å². The second kappa shape index (κ2) is 7.92. The Kier molecular flexibility index (Phi) is 5.39. The minimum atomic E-state index is -0.515. The van der Waals surface area contributed by atoms with E-state index in [0.717, 1.165) is 15.5 Å². The molecule has 0 fully saturated rings. The number of carbonyl (C=O) groups is 1. The molecule has 1 atom stereocenters. The lowest BCUT2D eigenvalue weighted by molar-refractivity contribution is -0.384. The average Bonchev–Trinajstić information content (AvgIpc) is 3.23. The van der Waals surface area contributed by atoms with E-state index in [4.69, 9.17) is 5.73 Å². The highest BCUT2D eigenvalue weighted by Gasteiger charge is 2.41. The molecule has 164 valence electrons. The quantitative estimate of drug-likeness (QED) is 0.506. The zero-order valence-corrected chi connectivity index (χ0v) is 19.0. The third kappa shape index (κ3) is 3.59. The molecule has 0 radical (unpaired) electrons. The Morgan fingerprint density at radius 3 is 2.62 bits per heavy atom. The van der Waals surface area contributed by atoms with E-state index in [-0.39, 0.29) is 22.7 Å². The number of benzene rings is 1. The van der Waals surface area contributed by atoms with Gasteiger partial charge < -0.3 is 5.73 Å². The molecular formula is C24H24N4O3S. The number of nitrogens with zero attached hydrogens (tertiary/aromatic N) is 3. The Bertz CT molecular complexity index is 1230. The van der Waals surface area contributed by atoms with Gasteiger partial charge in [0.25, 0.3) is 5.69 Å². The molecule has 2 N–H and O–H groups in total. The number of non-ortho nitro benzene ring substituents is 1. The molecule has 1 aromatic carbocycles. The summed E-state index contributed by atoms with van der Waals surface area (Å²) in [5.74, 6) is -0.298. The van der Waals surface area contributed by atoms with Crippen molar-refractivity contribution in [3.63, 3.8) is 0 Å². The number of hydrogen-bond donors (Lipinski definition) is 1. The van der Waals surface area contributed by atoms with Crippen LogP contribution in [-0.4, -0.2) is 10.7 Å². The first-order valence-electron chi connectivity index (χ1n) is 10.4. The maximum absolute atomic E-state index is 13.2. The number of nitro benzene ring substituents is 1. The summed E-state index contributed by atoms with van der Waals surface area (Å²) in [6.45, 7) is 6.37. The highest BCUT2D eigenvalue weighted by Crippen LogP contribution is 2.48. The van der Waals surface area contributed by atoms with Gasteiger partial charge in [0.2, 0.25) is 0 Å². The van der Waals surface area contributed by atoms with Crippen molar-refractivity contribution in [2.45, 2.75) is 51.4 Å². The number of rotatable bonds is 3. The van der Waals surface area contributed by atoms with Gasteiger partial charge in [0.15, 0.2) is 5.78 Å². The van der Waals surface area contributed by atoms with Crippen LogP contribution in [0.1, 0.15) is 55.7 Å². The molecule has 2 aromatic rings. The fraction of sp³-hybridized carbons (Fsp3) is 0.333. The van der Waals surface area contributed by atoms with Gasteiger partial charge in [-0.15, -0.1) is 11.3 Å². The molecular weight excluding hydrogens is 424 g/mol. The number of nitriles is 1. The Morgan fingerprint density at radius 2 is 2.00 bits per heavy atom. The molecule has 1 aliphatic heterocycles. The third-order valence-corrected chi connectivity index (χ3v) is 7.44. The summed E-state index contributed by atoms with van der Waals surface area (Å²) in [6.07, 6.45) is 1.69. The molecule has 4 rings (SSSR count). The Hall–Kier alpha value is -3.44. The lowest BCUT2D eigenvalue weighted by atomic mass is 9.78. The molecule has 0 bridgehead atoms. The summed E-state index contributed by atoms with van der Waals surface area (Å²) >= 11 is 1.59. The molecule has 0 amide bonds. The molecule has 32 heavy (non-hydrogen) atoms. The van der Waals surface area contributed by atoms with Crippen molar-refractivity contribution in [2.75, 3.05) is 4.90 Å². The summed E-state index contributed by atoms with van der Waals surface area (Å²) in [7, 11) is 0. The first-order valence-corrected chi connectivity index (χ1v) is 11.3. The minimum absolute atomic E-state index is 0.00219. The molecule has 0 unspecified atom stereocenters. The summed E-state index contributed by atoms with van der Waals surface area (Å²) in [6, 6.07) is 12.4. The minimum Gasteiger partial charge on any atom is -0.384 e. The van der Waals surface area contributed by atoms with Crippen molar-refractivity contribution < 1.29 is 9.72 Å². The molecule has 0 spiro atoms. The molecule has 2 heterocycles. The van der Waals surface area contributed by atoms with E-state index in [1.54, 1.807) is 28.4 Å². The first kappa shape index (κ1) is 21.8. The molecule has 2 aliphatic rings. The molecule has 1 aromatic heterocycles. The number of nitrogens with two attached hydrogens (primary N) is 1. The van der Waals surface area contributed by atoms with E-state index in [1.165, 1.54) is 12.1 Å². The monoisotopic (exact) mass is 448 g/mol. The number of hydrogen-bond acceptors (Lipinski definition) is 7. The van der Waals surface area contributed by atoms with Crippen LogP contribution < -0.4 is 10.6 Å². The van der Waals surface area contributed by atoms with Gasteiger partial charge in [-0.1, -0.05) is 26.8 Å². The van der Waals surface area contributed by atoms with E-state index >= 15 is 0 Å². The first-order chi connectivity index (χ1) is 15.1. The predicted molar refractivity (Wildman–Crippen MR) is 124 cm³/mol. The number of nitro groups is 1. The van der Waals surface area contributed by atoms with Crippen molar-refractivity contribution in [3.05, 3.63) is 78.9 Å². The van der Waals surface area contributed by atoms with Crippen molar-refractivity contribution in [2.24, 2.45) is 5.73 Å². The van der Waals surface area contributed by atoms with Gasteiger partial charge in [-0.2, -0.15) is 5.26 Å². The Labute approximate surface area is 190 Å². The van der Waals surface area contributed by atoms with Crippen LogP contribution >= 0.6 is 11.3 Å². The van der Waals surface area contributed by atoms with Crippen LogP contribution in [0, 0.1) is 21.4 Å². The van der Waals surface area contributed by atoms with E-state index < -0.39 is 10.8 Å². The smallest absolute Gasteiger partial charge is 0.271 e. The van der Waals surface area contributed by atoms with Gasteiger partial charge in [-0.3, -0.25) is 19.8 Å². The zero-order valence-electron chi connectivity index (χ0n) is 18.2. The molecule has 0 saturated heterocycles. The summed E-state index contributed by atoms with van der Waals surface area (Å²) in [5.41, 5.74) is 8.50. The standard InChI is InChI=1S/C24H24N4O3S/c1-24(2,3)20-11-10-19(32-20)21-16(13-25)23(26)27(17-8-5-9-18(29)22(17)21)14-6-4-7-15(12-14)28(30)31/h4,6-7,10-12,21H,5,8-9,26H2,1-3H3/t21-/m1/s1. The highest BCUT2D eigenvalue weighted by atomic mass is 32.1. The van der Waals surface area contributed by atoms with Gasteiger partial charge in [0, 0.05) is 39.6 Å². The van der Waals surface area contributed by atoms with Crippen LogP contribution in [-0.2, 0) is 10.2 Å². The van der Waals surface area contributed by atoms with E-state index in [9.17, 15) is 20.2 Å². The third-order valence-electron chi connectivity index (χ3n) is 5.86. The normalized spacial score (nSPS) is 19.1. The second-order valence-electron chi connectivity index (χ2n) is 9.05. The highest BCUT2D eigenvalue weighted by molar-refractivity contribution is 7.12. The van der Waals surface area contributed by atoms with Gasteiger partial charge in [0.05, 0.1) is 28.2 Å². The van der Waals surface area contributed by atoms with Crippen molar-refractivity contribution in [3.8, 4) is 6.07 Å². The van der Waals surface area contributed by atoms with Crippen LogP contribution in [0.4, 0.5) is 11.4 Å². The van der Waals surface area contributed by atoms with Crippen molar-refractivity contribution in [1.29, 1.82) is 5.26 Å². The van der Waals surface area contributed by atoms with Crippen LogP contribution in [0.3, 0.4) is 0 Å². The van der Waals surface area contributed by atoms with E-state index in [2.05, 4.69) is 26.8 Å². The molecule has 8 heteroatoms. The number of ketones is 1. The fourth-order valence-electron chi connectivity index (χ4n) is 4.32. The Morgan fingerprint density at radius 1 is 1.25 bits per heavy atom. The molecule has 1 aliphatic carbocycles. The fourth-order valence-corrected chi connectivity index (χ4v) is 5.51. The number of anilines is 1. The molecule has 0 saturated carbocycles. The SMILES string of the molecule is CC(C)(C)c1ccc([C@H]2C(C#N)=C(N)N(c3cccc([N+](=O)[O-])c3)C3=C2C(=O)CCC3)s1. The number of Topliss-reactive ketones (excluding diaryl/α,β-unsaturated/α-hetero) is 1. The van der Waals surface area contributed by atoms with E-state index in [0.29, 0.717) is 36.1 Å². The van der Waals surface area contributed by atoms with Gasteiger partial charge >= 0.3 is 0 Å². The maximum Gasteiger partial charge on any atom is 0.271 e. The second-order valence-corrected chi connectivity index (χ2v) is 10.2. The van der Waals surface area contributed by atoms with Crippen LogP contribution in [0.5, 0.6) is 0 Å². The lowest BCUT2D eigenvalue weighted by Crippen LogP contribution is -2.38. The van der Waals surface area contributed by atoms with Crippen LogP contribution in [0.2, 0.25) is 0 Å². The van der Waals surface area contributed by atoms with Crippen LogP contribution in [0.15, 0.2) is 59.1 Å². The van der Waals surface area contributed by atoms with Gasteiger partial charge in [-0.25, -0.2) is 0 Å². The van der Waals surface area contributed by atoms with Crippen molar-refractivity contribution in [1.82, 2.24) is 0 Å². The Balaban J connectivity index is 1.93. The summed E-state index contributed by atoms with van der Waals surface area (Å²) < 4.78 is 0. The lowest BCUT2D eigenvalue weighted by Gasteiger charge is -2.39. The summed E-state index contributed by atoms with van der Waals surface area (Å²) in [5, 5.41) is 21.4. The number of allylic oxidation sites excluding steroid dienone is 3. The van der Waals surface area contributed by atoms with Crippen LogP contribution in [0.25, 0.3) is 0 Å². The maximum atomic E-state index is 13.2. The largest absolute Gasteiger partial charge is 0.384 e. The zero-order chi connectivity index (χ0) is 23.2. The number of carbonyl (C=O) groups excluding carboxylic acids is 1. The van der Waals surface area contributed by atoms with Gasteiger partial charge in [-0.05, 0) is 36.5 Å². The topological polar surface area (TPSA) is 113 Å². The molecule has 7 nitrogen and oxygen atoms in total. The summed E-state index contributed by atoms with van der Waals surface area (Å²) in [4.78, 5) is 27.8. The van der Waals surface area contributed by atoms with Gasteiger partial charge in [0.1, 0.15) is 5.82 Å².